The van der Waals surface area contributed by atoms with E-state index in [4.69, 9.17) is 4.74 Å². The number of fused-ring (bicyclic) bond motifs is 1. The highest BCUT2D eigenvalue weighted by Gasteiger charge is 2.30. The zero-order valence-electron chi connectivity index (χ0n) is 12.1. The van der Waals surface area contributed by atoms with Crippen LogP contribution in [0.15, 0.2) is 18.2 Å². The normalized spacial score (nSPS) is 25.5. The van der Waals surface area contributed by atoms with Crippen LogP contribution in [0.3, 0.4) is 0 Å². The molecule has 0 amide bonds. The fraction of sp³-hybridized carbons (Fsp3) is 0.625. The van der Waals surface area contributed by atoms with Crippen molar-refractivity contribution in [2.45, 2.75) is 25.8 Å². The van der Waals surface area contributed by atoms with Gasteiger partial charge in [0.2, 0.25) is 0 Å². The third-order valence-electron chi connectivity index (χ3n) is 4.49. The molecule has 1 fully saturated rings. The molecule has 1 aromatic carbocycles. The van der Waals surface area contributed by atoms with E-state index in [1.165, 1.54) is 18.4 Å². The fourth-order valence-electron chi connectivity index (χ4n) is 3.37. The molecule has 2 atom stereocenters. The van der Waals surface area contributed by atoms with E-state index in [1.54, 1.807) is 12.1 Å². The number of phenols is 1. The van der Waals surface area contributed by atoms with E-state index in [0.29, 0.717) is 12.6 Å². The summed E-state index contributed by atoms with van der Waals surface area (Å²) in [7, 11) is 0. The molecule has 2 aliphatic rings. The van der Waals surface area contributed by atoms with Gasteiger partial charge in [-0.1, -0.05) is 6.92 Å². The van der Waals surface area contributed by atoms with Crippen LogP contribution in [0.2, 0.25) is 0 Å². The maximum atomic E-state index is 9.54. The van der Waals surface area contributed by atoms with Crippen molar-refractivity contribution in [2.75, 3.05) is 32.8 Å². The van der Waals surface area contributed by atoms with Gasteiger partial charge in [-0.15, -0.1) is 0 Å². The maximum absolute atomic E-state index is 9.54. The second kappa shape index (κ2) is 6.02. The number of nitrogens with zero attached hydrogens (tertiary/aromatic N) is 1. The van der Waals surface area contributed by atoms with Gasteiger partial charge in [-0.25, -0.2) is 0 Å². The first-order valence-electron chi connectivity index (χ1n) is 7.68. The number of ether oxygens (including phenoxy) is 1. The molecule has 0 aromatic heterocycles. The Morgan fingerprint density at radius 1 is 1.45 bits per heavy atom. The summed E-state index contributed by atoms with van der Waals surface area (Å²) < 4.78 is 5.75. The molecule has 0 spiro atoms. The number of piperidine rings is 1. The lowest BCUT2D eigenvalue weighted by molar-refractivity contribution is 0.138. The predicted molar refractivity (Wildman–Crippen MR) is 79.2 cm³/mol. The molecule has 2 unspecified atom stereocenters. The number of hydrogen-bond acceptors (Lipinski definition) is 4. The number of rotatable bonds is 4. The molecule has 3 rings (SSSR count). The van der Waals surface area contributed by atoms with Gasteiger partial charge in [-0.3, -0.25) is 4.90 Å². The van der Waals surface area contributed by atoms with Gasteiger partial charge < -0.3 is 15.2 Å². The van der Waals surface area contributed by atoms with Gasteiger partial charge in [0, 0.05) is 18.2 Å². The molecule has 0 bridgehead atoms. The van der Waals surface area contributed by atoms with E-state index in [1.807, 2.05) is 6.07 Å². The number of nitrogens with one attached hydrogen (secondary N) is 1. The Hall–Kier alpha value is -1.26. The van der Waals surface area contributed by atoms with Crippen molar-refractivity contribution in [3.05, 3.63) is 23.8 Å². The van der Waals surface area contributed by atoms with E-state index in [0.717, 1.165) is 37.8 Å². The molecule has 4 nitrogen and oxygen atoms in total. The third-order valence-corrected chi connectivity index (χ3v) is 4.49. The highest BCUT2D eigenvalue weighted by Crippen LogP contribution is 2.38. The maximum Gasteiger partial charge on any atom is 0.127 e. The third kappa shape index (κ3) is 2.76. The highest BCUT2D eigenvalue weighted by molar-refractivity contribution is 5.44. The topological polar surface area (TPSA) is 44.7 Å². The number of hydrogen-bond donors (Lipinski definition) is 2. The summed E-state index contributed by atoms with van der Waals surface area (Å²) in [6.45, 7) is 7.37. The van der Waals surface area contributed by atoms with Crippen LogP contribution in [-0.2, 0) is 0 Å². The van der Waals surface area contributed by atoms with Crippen molar-refractivity contribution in [1.29, 1.82) is 0 Å². The van der Waals surface area contributed by atoms with Gasteiger partial charge in [0.15, 0.2) is 0 Å². The van der Waals surface area contributed by atoms with E-state index in [9.17, 15) is 5.11 Å². The smallest absolute Gasteiger partial charge is 0.127 e. The van der Waals surface area contributed by atoms with E-state index in [-0.39, 0.29) is 5.75 Å². The molecule has 2 aliphatic heterocycles. The Kier molecular flexibility index (Phi) is 4.13. The van der Waals surface area contributed by atoms with Crippen molar-refractivity contribution in [3.63, 3.8) is 0 Å². The molecule has 2 heterocycles. The summed E-state index contributed by atoms with van der Waals surface area (Å²) in [5.74, 6) is 1.86. The van der Waals surface area contributed by atoms with Gasteiger partial charge in [-0.2, -0.15) is 0 Å². The second-order valence-corrected chi connectivity index (χ2v) is 5.85. The lowest BCUT2D eigenvalue weighted by Crippen LogP contribution is -2.40. The number of phenolic OH excluding ortho intramolecular Hbond substituents is 1. The van der Waals surface area contributed by atoms with Crippen LogP contribution in [0.5, 0.6) is 11.5 Å². The monoisotopic (exact) mass is 276 g/mol. The van der Waals surface area contributed by atoms with Gasteiger partial charge in [-0.05, 0) is 50.5 Å². The molecule has 4 heteroatoms. The van der Waals surface area contributed by atoms with Gasteiger partial charge >= 0.3 is 0 Å². The SMILES string of the molecule is CCN(CC1CCCNC1)C1COc2cc(O)ccc21. The zero-order chi connectivity index (χ0) is 13.9. The van der Waals surface area contributed by atoms with Gasteiger partial charge in [0.05, 0.1) is 6.04 Å². The van der Waals surface area contributed by atoms with Gasteiger partial charge in [0.1, 0.15) is 18.1 Å². The summed E-state index contributed by atoms with van der Waals surface area (Å²) in [5, 5.41) is 13.0. The molecular weight excluding hydrogens is 252 g/mol. The molecule has 0 aliphatic carbocycles. The summed E-state index contributed by atoms with van der Waals surface area (Å²) in [4.78, 5) is 2.51. The Morgan fingerprint density at radius 2 is 2.35 bits per heavy atom. The predicted octanol–water partition coefficient (Wildman–Crippen LogP) is 2.15. The molecule has 110 valence electrons. The van der Waals surface area contributed by atoms with E-state index in [2.05, 4.69) is 17.1 Å². The Morgan fingerprint density at radius 3 is 3.10 bits per heavy atom. The second-order valence-electron chi connectivity index (χ2n) is 5.85. The van der Waals surface area contributed by atoms with Crippen molar-refractivity contribution in [3.8, 4) is 11.5 Å². The highest BCUT2D eigenvalue weighted by atomic mass is 16.5. The minimum atomic E-state index is 0.281. The summed E-state index contributed by atoms with van der Waals surface area (Å²) >= 11 is 0. The van der Waals surface area contributed by atoms with Crippen molar-refractivity contribution >= 4 is 0 Å². The Balaban J connectivity index is 1.71. The van der Waals surface area contributed by atoms with Crippen molar-refractivity contribution in [1.82, 2.24) is 10.2 Å². The van der Waals surface area contributed by atoms with Crippen LogP contribution in [0, 0.1) is 5.92 Å². The Labute approximate surface area is 120 Å². The van der Waals surface area contributed by atoms with Crippen molar-refractivity contribution in [2.24, 2.45) is 5.92 Å². The first kappa shape index (κ1) is 13.7. The lowest BCUT2D eigenvalue weighted by atomic mass is 9.97. The molecule has 0 radical (unpaired) electrons. The van der Waals surface area contributed by atoms with Crippen LogP contribution in [0.25, 0.3) is 0 Å². The average molecular weight is 276 g/mol. The largest absolute Gasteiger partial charge is 0.508 e. The van der Waals surface area contributed by atoms with Crippen LogP contribution < -0.4 is 10.1 Å². The zero-order valence-corrected chi connectivity index (χ0v) is 12.1. The van der Waals surface area contributed by atoms with E-state index < -0.39 is 0 Å². The fourth-order valence-corrected chi connectivity index (χ4v) is 3.37. The average Bonchev–Trinajstić information content (AvgIpc) is 2.88. The number of aromatic hydroxyl groups is 1. The molecular formula is C16H24N2O2. The standard InChI is InChI=1S/C16H24N2O2/c1-2-18(10-12-4-3-7-17-9-12)15-11-20-16-8-13(19)5-6-14(15)16/h5-6,8,12,15,17,19H,2-4,7,9-11H2,1H3. The van der Waals surface area contributed by atoms with Gasteiger partial charge in [0.25, 0.3) is 0 Å². The molecule has 1 aromatic rings. The summed E-state index contributed by atoms with van der Waals surface area (Å²) in [6.07, 6.45) is 2.60. The first-order valence-corrected chi connectivity index (χ1v) is 7.68. The summed E-state index contributed by atoms with van der Waals surface area (Å²) in [5.41, 5.74) is 1.22. The molecule has 2 N–H and O–H groups in total. The van der Waals surface area contributed by atoms with E-state index >= 15 is 0 Å². The summed E-state index contributed by atoms with van der Waals surface area (Å²) in [6, 6.07) is 5.82. The Bertz CT molecular complexity index is 458. The van der Waals surface area contributed by atoms with Crippen LogP contribution >= 0.6 is 0 Å². The number of likely N-dealkylation sites (N-methyl/N-ethyl adjacent to an activating group) is 1. The van der Waals surface area contributed by atoms with Crippen molar-refractivity contribution < 1.29 is 9.84 Å². The lowest BCUT2D eigenvalue weighted by Gasteiger charge is -2.32. The van der Waals surface area contributed by atoms with Crippen LogP contribution in [-0.4, -0.2) is 42.8 Å². The first-order chi connectivity index (χ1) is 9.78. The quantitative estimate of drug-likeness (QED) is 0.884. The molecule has 20 heavy (non-hydrogen) atoms. The number of benzene rings is 1. The molecule has 0 saturated carbocycles. The van der Waals surface area contributed by atoms with Crippen LogP contribution in [0.4, 0.5) is 0 Å². The minimum absolute atomic E-state index is 0.281. The van der Waals surface area contributed by atoms with Crippen LogP contribution in [0.1, 0.15) is 31.4 Å². The minimum Gasteiger partial charge on any atom is -0.508 e. The molecule has 1 saturated heterocycles.